The van der Waals surface area contributed by atoms with Gasteiger partial charge in [-0.2, -0.15) is 5.10 Å². The van der Waals surface area contributed by atoms with Gasteiger partial charge in [0, 0.05) is 11.8 Å². The van der Waals surface area contributed by atoms with Crippen molar-refractivity contribution >= 4 is 11.8 Å². The van der Waals surface area contributed by atoms with Crippen molar-refractivity contribution in [2.75, 3.05) is 13.1 Å². The summed E-state index contributed by atoms with van der Waals surface area (Å²) in [5.74, 6) is -0.612. The number of rotatable bonds is 5. The summed E-state index contributed by atoms with van der Waals surface area (Å²) < 4.78 is 1.68. The van der Waals surface area contributed by atoms with Gasteiger partial charge in [0.15, 0.2) is 0 Å². The number of nitrogens with zero attached hydrogens (tertiary/aromatic N) is 3. The number of hydrazine groups is 1. The summed E-state index contributed by atoms with van der Waals surface area (Å²) in [6.45, 7) is 3.70. The van der Waals surface area contributed by atoms with Gasteiger partial charge in [0.25, 0.3) is 11.8 Å². The van der Waals surface area contributed by atoms with Gasteiger partial charge in [-0.05, 0) is 45.0 Å². The van der Waals surface area contributed by atoms with E-state index in [-0.39, 0.29) is 11.9 Å². The SMILES string of the molecule is CC(C(=O)NNC(=O)c1cn(-c2ccccc2)nc1-c1ccccc1)N1CCCCCC1. The fraction of sp³-hybridized carbons (Fsp3) is 0.320. The Bertz CT molecular complexity index is 1040. The monoisotopic (exact) mass is 431 g/mol. The van der Waals surface area contributed by atoms with E-state index in [1.807, 2.05) is 67.6 Å². The molecule has 0 saturated carbocycles. The second kappa shape index (κ2) is 10.2. The summed E-state index contributed by atoms with van der Waals surface area (Å²) in [7, 11) is 0. The number of aromatic nitrogens is 2. The van der Waals surface area contributed by atoms with Crippen molar-refractivity contribution in [2.45, 2.75) is 38.6 Å². The van der Waals surface area contributed by atoms with E-state index in [4.69, 9.17) is 0 Å². The predicted molar refractivity (Wildman–Crippen MR) is 124 cm³/mol. The van der Waals surface area contributed by atoms with Crippen LogP contribution in [0.5, 0.6) is 0 Å². The summed E-state index contributed by atoms with van der Waals surface area (Å²) >= 11 is 0. The standard InChI is InChI=1S/C25H29N5O2/c1-19(29-16-10-2-3-11-17-29)24(31)26-27-25(32)22-18-30(21-14-8-5-9-15-21)28-23(22)20-12-6-4-7-13-20/h4-9,12-15,18-19H,2-3,10-11,16-17H2,1H3,(H,26,31)(H,27,32). The van der Waals surface area contributed by atoms with Crippen molar-refractivity contribution in [2.24, 2.45) is 0 Å². The Morgan fingerprint density at radius 1 is 0.875 bits per heavy atom. The summed E-state index contributed by atoms with van der Waals surface area (Å²) in [4.78, 5) is 27.9. The zero-order valence-corrected chi connectivity index (χ0v) is 18.3. The van der Waals surface area contributed by atoms with Gasteiger partial charge in [0.2, 0.25) is 0 Å². The van der Waals surface area contributed by atoms with E-state index in [0.29, 0.717) is 11.3 Å². The molecule has 2 heterocycles. The van der Waals surface area contributed by atoms with E-state index >= 15 is 0 Å². The summed E-state index contributed by atoms with van der Waals surface area (Å²) in [6.07, 6.45) is 6.30. The second-order valence-electron chi connectivity index (χ2n) is 8.11. The van der Waals surface area contributed by atoms with E-state index < -0.39 is 5.91 Å². The number of carbonyl (C=O) groups is 2. The Labute approximate surface area is 188 Å². The van der Waals surface area contributed by atoms with Crippen molar-refractivity contribution in [3.05, 3.63) is 72.4 Å². The van der Waals surface area contributed by atoms with Crippen LogP contribution in [-0.2, 0) is 4.79 Å². The zero-order chi connectivity index (χ0) is 22.3. The number of hydrogen-bond donors (Lipinski definition) is 2. The van der Waals surface area contributed by atoms with Crippen LogP contribution in [0.25, 0.3) is 16.9 Å². The van der Waals surface area contributed by atoms with Crippen LogP contribution in [0.2, 0.25) is 0 Å². The van der Waals surface area contributed by atoms with Crippen LogP contribution in [0.4, 0.5) is 0 Å². The minimum Gasteiger partial charge on any atom is -0.292 e. The molecule has 2 aromatic carbocycles. The molecule has 2 N–H and O–H groups in total. The molecule has 0 radical (unpaired) electrons. The molecule has 1 aliphatic rings. The van der Waals surface area contributed by atoms with Crippen LogP contribution < -0.4 is 10.9 Å². The highest BCUT2D eigenvalue weighted by molar-refractivity contribution is 6.00. The van der Waals surface area contributed by atoms with Crippen molar-refractivity contribution in [3.63, 3.8) is 0 Å². The van der Waals surface area contributed by atoms with Gasteiger partial charge in [0.05, 0.1) is 17.3 Å². The van der Waals surface area contributed by atoms with Crippen LogP contribution in [-0.4, -0.2) is 45.6 Å². The van der Waals surface area contributed by atoms with Crippen LogP contribution in [0, 0.1) is 0 Å². The summed E-state index contributed by atoms with van der Waals surface area (Å²) in [6, 6.07) is 18.9. The van der Waals surface area contributed by atoms with E-state index in [0.717, 1.165) is 37.2 Å². The van der Waals surface area contributed by atoms with Crippen LogP contribution >= 0.6 is 0 Å². The molecule has 1 fully saturated rings. The number of nitrogens with one attached hydrogen (secondary N) is 2. The summed E-state index contributed by atoms with van der Waals surface area (Å²) in [5, 5.41) is 4.65. The molecule has 0 spiro atoms. The highest BCUT2D eigenvalue weighted by atomic mass is 16.2. The van der Waals surface area contributed by atoms with Gasteiger partial charge in [-0.15, -0.1) is 0 Å². The average Bonchev–Trinajstić information content (AvgIpc) is 3.11. The van der Waals surface area contributed by atoms with Gasteiger partial charge < -0.3 is 0 Å². The zero-order valence-electron chi connectivity index (χ0n) is 18.3. The molecular weight excluding hydrogens is 402 g/mol. The van der Waals surface area contributed by atoms with Gasteiger partial charge in [-0.3, -0.25) is 25.3 Å². The number of likely N-dealkylation sites (tertiary alicyclic amines) is 1. The molecule has 166 valence electrons. The van der Waals surface area contributed by atoms with Crippen LogP contribution in [0.3, 0.4) is 0 Å². The smallest absolute Gasteiger partial charge is 0.273 e. The average molecular weight is 432 g/mol. The third-order valence-corrected chi connectivity index (χ3v) is 5.89. The first-order valence-corrected chi connectivity index (χ1v) is 11.2. The van der Waals surface area contributed by atoms with Crippen LogP contribution in [0.1, 0.15) is 43.0 Å². The lowest BCUT2D eigenvalue weighted by molar-refractivity contribution is -0.126. The fourth-order valence-electron chi connectivity index (χ4n) is 4.00. The molecule has 1 saturated heterocycles. The first kappa shape index (κ1) is 21.8. The molecule has 2 amide bonds. The van der Waals surface area contributed by atoms with E-state index in [2.05, 4.69) is 20.9 Å². The molecule has 3 aromatic rings. The Morgan fingerprint density at radius 3 is 2.16 bits per heavy atom. The Morgan fingerprint density at radius 2 is 1.50 bits per heavy atom. The van der Waals surface area contributed by atoms with Crippen molar-refractivity contribution < 1.29 is 9.59 Å². The molecule has 7 heteroatoms. The van der Waals surface area contributed by atoms with Crippen molar-refractivity contribution in [1.29, 1.82) is 0 Å². The molecule has 32 heavy (non-hydrogen) atoms. The predicted octanol–water partition coefficient (Wildman–Crippen LogP) is 3.56. The highest BCUT2D eigenvalue weighted by Crippen LogP contribution is 2.23. The van der Waals surface area contributed by atoms with Gasteiger partial charge in [0.1, 0.15) is 5.69 Å². The molecule has 7 nitrogen and oxygen atoms in total. The van der Waals surface area contributed by atoms with E-state index in [1.165, 1.54) is 12.8 Å². The summed E-state index contributed by atoms with van der Waals surface area (Å²) in [5.41, 5.74) is 7.83. The van der Waals surface area contributed by atoms with Gasteiger partial charge in [-0.1, -0.05) is 61.4 Å². The van der Waals surface area contributed by atoms with E-state index in [1.54, 1.807) is 10.9 Å². The Balaban J connectivity index is 1.51. The number of carbonyl (C=O) groups excluding carboxylic acids is 2. The molecule has 0 bridgehead atoms. The minimum absolute atomic E-state index is 0.211. The highest BCUT2D eigenvalue weighted by Gasteiger charge is 2.24. The Kier molecular flexibility index (Phi) is 6.97. The molecule has 1 aliphatic heterocycles. The lowest BCUT2D eigenvalue weighted by Gasteiger charge is -2.26. The first-order valence-electron chi connectivity index (χ1n) is 11.2. The largest absolute Gasteiger partial charge is 0.292 e. The maximum Gasteiger partial charge on any atom is 0.273 e. The number of amides is 2. The molecule has 1 aromatic heterocycles. The third-order valence-electron chi connectivity index (χ3n) is 5.89. The van der Waals surface area contributed by atoms with Crippen molar-refractivity contribution in [3.8, 4) is 16.9 Å². The number of benzene rings is 2. The molecular formula is C25H29N5O2. The van der Waals surface area contributed by atoms with Crippen LogP contribution in [0.15, 0.2) is 66.9 Å². The first-order chi connectivity index (χ1) is 15.6. The molecule has 1 atom stereocenters. The Hall–Kier alpha value is -3.45. The number of hydrogen-bond acceptors (Lipinski definition) is 4. The number of para-hydroxylation sites is 1. The molecule has 4 rings (SSSR count). The van der Waals surface area contributed by atoms with E-state index in [9.17, 15) is 9.59 Å². The minimum atomic E-state index is -0.401. The van der Waals surface area contributed by atoms with Gasteiger partial charge >= 0.3 is 0 Å². The normalized spacial score (nSPS) is 15.5. The quantitative estimate of drug-likeness (QED) is 0.606. The van der Waals surface area contributed by atoms with Crippen molar-refractivity contribution in [1.82, 2.24) is 25.5 Å². The third kappa shape index (κ3) is 5.06. The lowest BCUT2D eigenvalue weighted by atomic mass is 10.1. The lowest BCUT2D eigenvalue weighted by Crippen LogP contribution is -2.51. The maximum atomic E-state index is 13.0. The topological polar surface area (TPSA) is 79.3 Å². The molecule has 0 aliphatic carbocycles. The second-order valence-corrected chi connectivity index (χ2v) is 8.11. The van der Waals surface area contributed by atoms with Gasteiger partial charge in [-0.25, -0.2) is 4.68 Å². The maximum absolute atomic E-state index is 13.0. The molecule has 1 unspecified atom stereocenters. The fourth-order valence-corrected chi connectivity index (χ4v) is 4.00.